The number of sulfonamides is 1. The molecule has 1 aromatic carbocycles. The molecule has 7 heteroatoms. The second kappa shape index (κ2) is 8.47. The summed E-state index contributed by atoms with van der Waals surface area (Å²) in [6.07, 6.45) is 6.55. The monoisotopic (exact) mass is 427 g/mol. The molecule has 1 saturated carbocycles. The van der Waals surface area contributed by atoms with Crippen LogP contribution in [0.15, 0.2) is 53.7 Å². The first-order valence-corrected chi connectivity index (χ1v) is 12.1. The fourth-order valence-electron chi connectivity index (χ4n) is 4.33. The molecule has 1 amide bonds. The number of pyridine rings is 1. The molecule has 2 aliphatic rings. The van der Waals surface area contributed by atoms with Crippen LogP contribution in [0.5, 0.6) is 0 Å². The number of rotatable bonds is 6. The normalized spacial score (nSPS) is 22.6. The van der Waals surface area contributed by atoms with Crippen LogP contribution in [0.25, 0.3) is 0 Å². The summed E-state index contributed by atoms with van der Waals surface area (Å²) in [6.45, 7) is 5.80. The average molecular weight is 428 g/mol. The van der Waals surface area contributed by atoms with Gasteiger partial charge in [-0.15, -0.1) is 0 Å². The predicted octanol–water partition coefficient (Wildman–Crippen LogP) is 3.55. The molecule has 1 aromatic heterocycles. The van der Waals surface area contributed by atoms with Gasteiger partial charge in [-0.3, -0.25) is 9.78 Å². The highest BCUT2D eigenvalue weighted by molar-refractivity contribution is 7.89. The van der Waals surface area contributed by atoms with Gasteiger partial charge >= 0.3 is 0 Å². The lowest BCUT2D eigenvalue weighted by atomic mass is 9.94. The maximum absolute atomic E-state index is 13.1. The van der Waals surface area contributed by atoms with Crippen LogP contribution in [0.1, 0.15) is 49.0 Å². The van der Waals surface area contributed by atoms with Crippen LogP contribution in [-0.4, -0.2) is 47.6 Å². The zero-order chi connectivity index (χ0) is 21.3. The molecular formula is C23H29N3O3S. The van der Waals surface area contributed by atoms with E-state index < -0.39 is 10.0 Å². The Balaban J connectivity index is 1.51. The van der Waals surface area contributed by atoms with E-state index in [0.717, 1.165) is 24.8 Å². The first kappa shape index (κ1) is 21.0. The topological polar surface area (TPSA) is 70.6 Å². The fraction of sp³-hybridized carbons (Fsp3) is 0.478. The van der Waals surface area contributed by atoms with Crippen LogP contribution in [0.4, 0.5) is 0 Å². The molecule has 30 heavy (non-hydrogen) atoms. The second-order valence-corrected chi connectivity index (χ2v) is 10.8. The van der Waals surface area contributed by atoms with Crippen molar-refractivity contribution in [3.8, 4) is 0 Å². The quantitative estimate of drug-likeness (QED) is 0.707. The van der Waals surface area contributed by atoms with Crippen molar-refractivity contribution >= 4 is 15.9 Å². The minimum Gasteiger partial charge on any atom is -0.331 e. The second-order valence-electron chi connectivity index (χ2n) is 8.82. The number of carbonyl (C=O) groups is 1. The highest BCUT2D eigenvalue weighted by Crippen LogP contribution is 2.31. The molecule has 0 radical (unpaired) electrons. The van der Waals surface area contributed by atoms with Gasteiger partial charge in [0.05, 0.1) is 4.90 Å². The summed E-state index contributed by atoms with van der Waals surface area (Å²) in [7, 11) is -3.54. The standard InChI is InChI=1S/C23H29N3O3S/c1-17-12-18(2)15-25(14-17)30(28,29)22-9-5-20(6-10-22)23(27)26(21-7-8-21)16-19-4-3-11-24-13-19/h3-6,9-11,13,17-18,21H,7-8,12,14-16H2,1-2H3. The molecule has 4 rings (SSSR count). The van der Waals surface area contributed by atoms with Crippen molar-refractivity contribution in [3.63, 3.8) is 0 Å². The van der Waals surface area contributed by atoms with E-state index in [0.29, 0.717) is 37.0 Å². The Labute approximate surface area is 179 Å². The van der Waals surface area contributed by atoms with Crippen molar-refractivity contribution in [3.05, 3.63) is 59.9 Å². The SMILES string of the molecule is CC1CC(C)CN(S(=O)(=O)c2ccc(C(=O)N(Cc3cccnc3)C3CC3)cc2)C1. The van der Waals surface area contributed by atoms with Gasteiger partial charge in [-0.25, -0.2) is 8.42 Å². The smallest absolute Gasteiger partial charge is 0.254 e. The highest BCUT2D eigenvalue weighted by atomic mass is 32.2. The zero-order valence-corrected chi connectivity index (χ0v) is 18.4. The Morgan fingerprint density at radius 2 is 1.77 bits per heavy atom. The third kappa shape index (κ3) is 4.57. The summed E-state index contributed by atoms with van der Waals surface area (Å²) in [5, 5.41) is 0. The molecule has 6 nitrogen and oxygen atoms in total. The molecule has 160 valence electrons. The van der Waals surface area contributed by atoms with Gasteiger partial charge in [-0.2, -0.15) is 4.31 Å². The minimum atomic E-state index is -3.54. The largest absolute Gasteiger partial charge is 0.331 e. The van der Waals surface area contributed by atoms with Gasteiger partial charge in [0, 0.05) is 43.6 Å². The summed E-state index contributed by atoms with van der Waals surface area (Å²) in [5.74, 6) is 0.637. The van der Waals surface area contributed by atoms with Crippen molar-refractivity contribution < 1.29 is 13.2 Å². The van der Waals surface area contributed by atoms with Crippen molar-refractivity contribution in [1.29, 1.82) is 0 Å². The molecule has 2 unspecified atom stereocenters. The van der Waals surface area contributed by atoms with Gasteiger partial charge in [-0.05, 0) is 67.0 Å². The predicted molar refractivity (Wildman–Crippen MR) is 115 cm³/mol. The molecule has 1 aliphatic heterocycles. The van der Waals surface area contributed by atoms with Gasteiger partial charge in [0.1, 0.15) is 0 Å². The van der Waals surface area contributed by atoms with Gasteiger partial charge in [-0.1, -0.05) is 19.9 Å². The van der Waals surface area contributed by atoms with E-state index in [9.17, 15) is 13.2 Å². The number of carbonyl (C=O) groups excluding carboxylic acids is 1. The first-order chi connectivity index (χ1) is 14.3. The van der Waals surface area contributed by atoms with Crippen LogP contribution in [0, 0.1) is 11.8 Å². The minimum absolute atomic E-state index is 0.0643. The average Bonchev–Trinajstić information content (AvgIpc) is 3.57. The lowest BCUT2D eigenvalue weighted by Crippen LogP contribution is -2.42. The van der Waals surface area contributed by atoms with Crippen LogP contribution < -0.4 is 0 Å². The van der Waals surface area contributed by atoms with Gasteiger partial charge in [0.15, 0.2) is 0 Å². The van der Waals surface area contributed by atoms with Gasteiger partial charge in [0.25, 0.3) is 5.91 Å². The van der Waals surface area contributed by atoms with Crippen molar-refractivity contribution in [2.24, 2.45) is 11.8 Å². The Hall–Kier alpha value is -2.25. The lowest BCUT2D eigenvalue weighted by Gasteiger charge is -2.34. The van der Waals surface area contributed by atoms with E-state index in [1.165, 1.54) is 0 Å². The summed E-state index contributed by atoms with van der Waals surface area (Å²) < 4.78 is 27.7. The summed E-state index contributed by atoms with van der Waals surface area (Å²) >= 11 is 0. The number of hydrogen-bond donors (Lipinski definition) is 0. The van der Waals surface area contributed by atoms with E-state index in [2.05, 4.69) is 18.8 Å². The van der Waals surface area contributed by atoms with Crippen molar-refractivity contribution in [1.82, 2.24) is 14.2 Å². The van der Waals surface area contributed by atoms with Gasteiger partial charge in [0.2, 0.25) is 10.0 Å². The number of benzene rings is 1. The van der Waals surface area contributed by atoms with E-state index >= 15 is 0 Å². The highest BCUT2D eigenvalue weighted by Gasteiger charge is 2.34. The van der Waals surface area contributed by atoms with Crippen LogP contribution in [0.3, 0.4) is 0 Å². The first-order valence-electron chi connectivity index (χ1n) is 10.6. The number of amides is 1. The number of hydrogen-bond acceptors (Lipinski definition) is 4. The Morgan fingerprint density at radius 1 is 1.10 bits per heavy atom. The molecule has 2 fully saturated rings. The molecular weight excluding hydrogens is 398 g/mol. The Kier molecular flexibility index (Phi) is 5.93. The number of aromatic nitrogens is 1. The third-order valence-electron chi connectivity index (χ3n) is 5.90. The molecule has 0 bridgehead atoms. The van der Waals surface area contributed by atoms with E-state index in [4.69, 9.17) is 0 Å². The van der Waals surface area contributed by atoms with Crippen molar-refractivity contribution in [2.45, 2.75) is 50.6 Å². The molecule has 0 N–H and O–H groups in total. The molecule has 1 saturated heterocycles. The Morgan fingerprint density at radius 3 is 2.33 bits per heavy atom. The van der Waals surface area contributed by atoms with Crippen LogP contribution in [-0.2, 0) is 16.6 Å². The third-order valence-corrected chi connectivity index (χ3v) is 7.74. The molecule has 2 atom stereocenters. The maximum atomic E-state index is 13.1. The van der Waals surface area contributed by atoms with E-state index in [1.54, 1.807) is 41.0 Å². The summed E-state index contributed by atoms with van der Waals surface area (Å²) in [4.78, 5) is 19.4. The number of piperidine rings is 1. The van der Waals surface area contributed by atoms with Crippen LogP contribution >= 0.6 is 0 Å². The van der Waals surface area contributed by atoms with Crippen LogP contribution in [0.2, 0.25) is 0 Å². The summed E-state index contributed by atoms with van der Waals surface area (Å²) in [5.41, 5.74) is 1.51. The zero-order valence-electron chi connectivity index (χ0n) is 17.6. The number of nitrogens with zero attached hydrogens (tertiary/aromatic N) is 3. The Bertz CT molecular complexity index is 978. The van der Waals surface area contributed by atoms with E-state index in [-0.39, 0.29) is 16.8 Å². The van der Waals surface area contributed by atoms with Gasteiger partial charge < -0.3 is 4.90 Å². The fourth-order valence-corrected chi connectivity index (χ4v) is 6.01. The van der Waals surface area contributed by atoms with E-state index in [1.807, 2.05) is 17.0 Å². The summed E-state index contributed by atoms with van der Waals surface area (Å²) in [6, 6.07) is 10.5. The molecule has 1 aliphatic carbocycles. The molecule has 2 heterocycles. The molecule has 2 aromatic rings. The maximum Gasteiger partial charge on any atom is 0.254 e. The van der Waals surface area contributed by atoms with Crippen molar-refractivity contribution in [2.75, 3.05) is 13.1 Å². The molecule has 0 spiro atoms. The lowest BCUT2D eigenvalue weighted by molar-refractivity contribution is 0.0729.